The molecule has 32 heavy (non-hydrogen) atoms. The van der Waals surface area contributed by atoms with Crippen LogP contribution in [0, 0.1) is 0 Å². The molecule has 1 aromatic heterocycles. The summed E-state index contributed by atoms with van der Waals surface area (Å²) < 4.78 is 10.5. The van der Waals surface area contributed by atoms with Crippen LogP contribution in [0.25, 0.3) is 11.3 Å². The number of anilines is 2. The number of hydrogen-bond donors (Lipinski definition) is 1. The molecule has 1 saturated heterocycles. The highest BCUT2D eigenvalue weighted by atomic mass is 16.5. The van der Waals surface area contributed by atoms with E-state index in [-0.39, 0.29) is 5.91 Å². The van der Waals surface area contributed by atoms with Crippen molar-refractivity contribution in [1.29, 1.82) is 0 Å². The van der Waals surface area contributed by atoms with E-state index in [0.29, 0.717) is 22.7 Å². The largest absolute Gasteiger partial charge is 0.493 e. The van der Waals surface area contributed by atoms with E-state index < -0.39 is 0 Å². The van der Waals surface area contributed by atoms with Crippen molar-refractivity contribution in [2.45, 2.75) is 25.7 Å². The van der Waals surface area contributed by atoms with Gasteiger partial charge in [0.15, 0.2) is 17.3 Å². The van der Waals surface area contributed by atoms with Gasteiger partial charge in [0.25, 0.3) is 5.91 Å². The fourth-order valence-electron chi connectivity index (χ4n) is 3.85. The molecular weight excluding hydrogens is 404 g/mol. The molecule has 1 fully saturated rings. The van der Waals surface area contributed by atoms with Crippen molar-refractivity contribution in [2.24, 2.45) is 0 Å². The zero-order valence-corrected chi connectivity index (χ0v) is 18.5. The summed E-state index contributed by atoms with van der Waals surface area (Å²) in [5, 5.41) is 11.8. The number of methoxy groups -OCH3 is 2. The Bertz CT molecular complexity index is 1040. The van der Waals surface area contributed by atoms with Crippen molar-refractivity contribution in [3.05, 3.63) is 60.2 Å². The van der Waals surface area contributed by atoms with Crippen molar-refractivity contribution in [1.82, 2.24) is 10.2 Å². The lowest BCUT2D eigenvalue weighted by Crippen LogP contribution is -2.25. The summed E-state index contributed by atoms with van der Waals surface area (Å²) in [5.41, 5.74) is 2.94. The van der Waals surface area contributed by atoms with E-state index in [1.165, 1.54) is 25.7 Å². The number of ether oxygens (including phenoxy) is 2. The van der Waals surface area contributed by atoms with Crippen molar-refractivity contribution in [3.8, 4) is 22.8 Å². The summed E-state index contributed by atoms with van der Waals surface area (Å²) in [4.78, 5) is 14.9. The lowest BCUT2D eigenvalue weighted by atomic mass is 10.1. The van der Waals surface area contributed by atoms with Crippen LogP contribution < -0.4 is 19.7 Å². The van der Waals surface area contributed by atoms with Gasteiger partial charge in [-0.2, -0.15) is 0 Å². The molecule has 2 aromatic carbocycles. The monoisotopic (exact) mass is 432 g/mol. The Morgan fingerprint density at radius 3 is 2.19 bits per heavy atom. The molecule has 0 bridgehead atoms. The fraction of sp³-hybridized carbons (Fsp3) is 0.320. The highest BCUT2D eigenvalue weighted by Crippen LogP contribution is 2.28. The van der Waals surface area contributed by atoms with E-state index in [9.17, 15) is 4.79 Å². The topological polar surface area (TPSA) is 76.6 Å². The number of rotatable bonds is 6. The minimum absolute atomic E-state index is 0.222. The van der Waals surface area contributed by atoms with Crippen molar-refractivity contribution in [2.75, 3.05) is 37.5 Å². The Kier molecular flexibility index (Phi) is 6.84. The maximum Gasteiger partial charge on any atom is 0.255 e. The van der Waals surface area contributed by atoms with Crippen LogP contribution in [-0.4, -0.2) is 43.4 Å². The molecule has 0 unspecified atom stereocenters. The molecule has 4 rings (SSSR count). The number of carbonyl (C=O) groups excluding carboxylic acids is 1. The molecule has 2 heterocycles. The number of hydrogen-bond acceptors (Lipinski definition) is 6. The maximum absolute atomic E-state index is 12.6. The van der Waals surface area contributed by atoms with Gasteiger partial charge in [0.2, 0.25) is 0 Å². The Morgan fingerprint density at radius 2 is 1.56 bits per heavy atom. The molecule has 3 aromatic rings. The van der Waals surface area contributed by atoms with E-state index in [1.54, 1.807) is 32.4 Å². The molecule has 0 saturated carbocycles. The van der Waals surface area contributed by atoms with Gasteiger partial charge in [-0.1, -0.05) is 25.0 Å². The molecule has 1 aliphatic heterocycles. The van der Waals surface area contributed by atoms with Gasteiger partial charge in [-0.15, -0.1) is 10.2 Å². The molecule has 166 valence electrons. The molecule has 0 aliphatic carbocycles. The third-order valence-corrected chi connectivity index (χ3v) is 5.66. The smallest absolute Gasteiger partial charge is 0.255 e. The van der Waals surface area contributed by atoms with Crippen LogP contribution in [0.5, 0.6) is 11.5 Å². The minimum Gasteiger partial charge on any atom is -0.493 e. The second kappa shape index (κ2) is 10.1. The molecule has 7 nitrogen and oxygen atoms in total. The highest BCUT2D eigenvalue weighted by Gasteiger charge is 2.13. The van der Waals surface area contributed by atoms with Crippen LogP contribution >= 0.6 is 0 Å². The number of carbonyl (C=O) groups is 1. The van der Waals surface area contributed by atoms with Crippen molar-refractivity contribution >= 4 is 17.4 Å². The van der Waals surface area contributed by atoms with Crippen LogP contribution in [0.1, 0.15) is 36.0 Å². The van der Waals surface area contributed by atoms with E-state index >= 15 is 0 Å². The van der Waals surface area contributed by atoms with Crippen LogP contribution in [-0.2, 0) is 0 Å². The summed E-state index contributed by atoms with van der Waals surface area (Å²) >= 11 is 0. The summed E-state index contributed by atoms with van der Waals surface area (Å²) in [5.74, 6) is 1.81. The van der Waals surface area contributed by atoms with Crippen LogP contribution in [0.15, 0.2) is 54.6 Å². The third-order valence-electron chi connectivity index (χ3n) is 5.66. The van der Waals surface area contributed by atoms with E-state index in [2.05, 4.69) is 20.4 Å². The molecule has 0 spiro atoms. The maximum atomic E-state index is 12.6. The molecule has 1 amide bonds. The highest BCUT2D eigenvalue weighted by molar-refractivity contribution is 6.04. The minimum atomic E-state index is -0.222. The van der Waals surface area contributed by atoms with Crippen LogP contribution in [0.2, 0.25) is 0 Å². The van der Waals surface area contributed by atoms with Gasteiger partial charge in [0, 0.05) is 29.9 Å². The van der Waals surface area contributed by atoms with Gasteiger partial charge in [-0.25, -0.2) is 0 Å². The van der Waals surface area contributed by atoms with E-state index in [4.69, 9.17) is 9.47 Å². The SMILES string of the molecule is COc1ccc(C(=O)Nc2ccc(-c3ccc(N4CCCCCC4)nn3)cc2)cc1OC. The average Bonchev–Trinajstić information content (AvgIpc) is 3.14. The predicted octanol–water partition coefficient (Wildman–Crippen LogP) is 4.79. The Morgan fingerprint density at radius 1 is 0.844 bits per heavy atom. The summed E-state index contributed by atoms with van der Waals surface area (Å²) in [6.07, 6.45) is 4.99. The Labute approximate surface area is 188 Å². The molecule has 1 aliphatic rings. The van der Waals surface area contributed by atoms with Gasteiger partial charge in [-0.3, -0.25) is 4.79 Å². The Hall–Kier alpha value is -3.61. The van der Waals surface area contributed by atoms with E-state index in [1.807, 2.05) is 36.4 Å². The normalized spacial score (nSPS) is 13.9. The fourth-order valence-corrected chi connectivity index (χ4v) is 3.85. The van der Waals surface area contributed by atoms with Crippen molar-refractivity contribution in [3.63, 3.8) is 0 Å². The van der Waals surface area contributed by atoms with Crippen molar-refractivity contribution < 1.29 is 14.3 Å². The van der Waals surface area contributed by atoms with Gasteiger partial charge in [0.1, 0.15) is 0 Å². The first-order valence-electron chi connectivity index (χ1n) is 10.9. The van der Waals surface area contributed by atoms with Crippen LogP contribution in [0.4, 0.5) is 11.5 Å². The molecule has 0 atom stereocenters. The number of nitrogens with zero attached hydrogens (tertiary/aromatic N) is 3. The predicted molar refractivity (Wildman–Crippen MR) is 126 cm³/mol. The van der Waals surface area contributed by atoms with Gasteiger partial charge < -0.3 is 19.7 Å². The third kappa shape index (κ3) is 4.99. The lowest BCUT2D eigenvalue weighted by molar-refractivity contribution is 0.102. The number of benzene rings is 2. The summed E-state index contributed by atoms with van der Waals surface area (Å²) in [7, 11) is 3.10. The van der Waals surface area contributed by atoms with E-state index in [0.717, 1.165) is 30.2 Å². The Balaban J connectivity index is 1.42. The number of amides is 1. The summed E-state index contributed by atoms with van der Waals surface area (Å²) in [6.45, 7) is 2.09. The summed E-state index contributed by atoms with van der Waals surface area (Å²) in [6, 6.07) is 16.7. The average molecular weight is 433 g/mol. The van der Waals surface area contributed by atoms with Gasteiger partial charge in [-0.05, 0) is 55.3 Å². The molecule has 7 heteroatoms. The quantitative estimate of drug-likeness (QED) is 0.603. The zero-order chi connectivity index (χ0) is 22.3. The molecular formula is C25H28N4O3. The lowest BCUT2D eigenvalue weighted by Gasteiger charge is -2.20. The molecule has 1 N–H and O–H groups in total. The first kappa shape index (κ1) is 21.6. The first-order chi connectivity index (χ1) is 15.7. The van der Waals surface area contributed by atoms with Gasteiger partial charge >= 0.3 is 0 Å². The zero-order valence-electron chi connectivity index (χ0n) is 18.5. The van der Waals surface area contributed by atoms with Crippen LogP contribution in [0.3, 0.4) is 0 Å². The van der Waals surface area contributed by atoms with Gasteiger partial charge in [0.05, 0.1) is 19.9 Å². The first-order valence-corrected chi connectivity index (χ1v) is 10.9. The molecule has 0 radical (unpaired) electrons. The second-order valence-corrected chi connectivity index (χ2v) is 7.78. The number of aromatic nitrogens is 2. The number of nitrogens with one attached hydrogen (secondary N) is 1. The second-order valence-electron chi connectivity index (χ2n) is 7.78. The standard InChI is InChI=1S/C25H28N4O3/c1-31-22-13-9-19(17-23(22)32-2)25(30)26-20-10-7-18(8-11-20)21-12-14-24(28-27-21)29-15-5-3-4-6-16-29/h7-14,17H,3-6,15-16H2,1-2H3,(H,26,30).